The molecule has 0 bridgehead atoms. The summed E-state index contributed by atoms with van der Waals surface area (Å²) in [6, 6.07) is 11.9. The molecule has 2 aromatic rings. The number of benzene rings is 2. The number of anilines is 1. The lowest BCUT2D eigenvalue weighted by molar-refractivity contribution is 0.102. The van der Waals surface area contributed by atoms with Crippen molar-refractivity contribution in [1.29, 1.82) is 0 Å². The van der Waals surface area contributed by atoms with Crippen molar-refractivity contribution >= 4 is 34.8 Å². The van der Waals surface area contributed by atoms with E-state index in [4.69, 9.17) is 27.9 Å². The third kappa shape index (κ3) is 3.19. The third-order valence-electron chi connectivity index (χ3n) is 2.54. The first-order valence-electron chi connectivity index (χ1n) is 5.51. The van der Waals surface area contributed by atoms with Crippen molar-refractivity contribution in [3.05, 3.63) is 58.1 Å². The molecule has 0 heterocycles. The Hall–Kier alpha value is -1.71. The summed E-state index contributed by atoms with van der Waals surface area (Å²) in [5.74, 6) is 0.318. The zero-order valence-corrected chi connectivity index (χ0v) is 11.6. The summed E-state index contributed by atoms with van der Waals surface area (Å²) >= 11 is 11.7. The molecule has 3 nitrogen and oxygen atoms in total. The SMILES string of the molecule is COc1ccccc1NC(=O)c1ccc(Cl)c(Cl)c1. The molecule has 1 amide bonds. The molecule has 19 heavy (non-hydrogen) atoms. The van der Waals surface area contributed by atoms with E-state index in [1.807, 2.05) is 12.1 Å². The molecular formula is C14H11Cl2NO2. The van der Waals surface area contributed by atoms with Crippen LogP contribution in [0.2, 0.25) is 10.0 Å². The minimum Gasteiger partial charge on any atom is -0.495 e. The van der Waals surface area contributed by atoms with Gasteiger partial charge in [-0.3, -0.25) is 4.79 Å². The fourth-order valence-electron chi connectivity index (χ4n) is 1.58. The second-order valence-electron chi connectivity index (χ2n) is 3.78. The Morgan fingerprint density at radius 1 is 1.11 bits per heavy atom. The fraction of sp³-hybridized carbons (Fsp3) is 0.0714. The number of carbonyl (C=O) groups is 1. The summed E-state index contributed by atoms with van der Waals surface area (Å²) in [6.45, 7) is 0. The number of methoxy groups -OCH3 is 1. The molecule has 2 rings (SSSR count). The van der Waals surface area contributed by atoms with E-state index in [0.717, 1.165) is 0 Å². The zero-order valence-electron chi connectivity index (χ0n) is 10.1. The normalized spacial score (nSPS) is 10.1. The number of carbonyl (C=O) groups excluding carboxylic acids is 1. The maximum Gasteiger partial charge on any atom is 0.255 e. The van der Waals surface area contributed by atoms with Crippen molar-refractivity contribution in [2.45, 2.75) is 0 Å². The molecule has 0 aliphatic heterocycles. The van der Waals surface area contributed by atoms with E-state index in [1.165, 1.54) is 6.07 Å². The van der Waals surface area contributed by atoms with Crippen LogP contribution in [-0.4, -0.2) is 13.0 Å². The molecule has 98 valence electrons. The lowest BCUT2D eigenvalue weighted by Gasteiger charge is -2.10. The summed E-state index contributed by atoms with van der Waals surface area (Å²) in [4.78, 5) is 12.1. The Kier molecular flexibility index (Phi) is 4.30. The number of rotatable bonds is 3. The molecule has 0 radical (unpaired) electrons. The largest absolute Gasteiger partial charge is 0.495 e. The Balaban J connectivity index is 2.23. The van der Waals surface area contributed by atoms with E-state index >= 15 is 0 Å². The first kappa shape index (κ1) is 13.7. The minimum atomic E-state index is -0.275. The molecule has 0 aromatic heterocycles. The molecule has 2 aromatic carbocycles. The van der Waals surface area contributed by atoms with Crippen LogP contribution in [0.3, 0.4) is 0 Å². The number of ether oxygens (including phenoxy) is 1. The van der Waals surface area contributed by atoms with Gasteiger partial charge >= 0.3 is 0 Å². The number of hydrogen-bond acceptors (Lipinski definition) is 2. The summed E-state index contributed by atoms with van der Waals surface area (Å²) in [6.07, 6.45) is 0. The van der Waals surface area contributed by atoms with Gasteiger partial charge in [0.25, 0.3) is 5.91 Å². The highest BCUT2D eigenvalue weighted by Crippen LogP contribution is 2.26. The maximum atomic E-state index is 12.1. The van der Waals surface area contributed by atoms with Crippen molar-refractivity contribution in [2.75, 3.05) is 12.4 Å². The van der Waals surface area contributed by atoms with Crippen LogP contribution in [0, 0.1) is 0 Å². The van der Waals surface area contributed by atoms with Crippen LogP contribution in [-0.2, 0) is 0 Å². The van der Waals surface area contributed by atoms with E-state index in [9.17, 15) is 4.79 Å². The molecule has 0 unspecified atom stereocenters. The summed E-state index contributed by atoms with van der Waals surface area (Å²) in [5, 5.41) is 3.51. The van der Waals surface area contributed by atoms with Crippen molar-refractivity contribution < 1.29 is 9.53 Å². The number of para-hydroxylation sites is 2. The monoisotopic (exact) mass is 295 g/mol. The molecule has 0 aliphatic rings. The average Bonchev–Trinajstić information content (AvgIpc) is 2.42. The van der Waals surface area contributed by atoms with E-state index in [1.54, 1.807) is 31.4 Å². The van der Waals surface area contributed by atoms with E-state index < -0.39 is 0 Å². The second kappa shape index (κ2) is 5.95. The molecule has 0 saturated carbocycles. The maximum absolute atomic E-state index is 12.1. The summed E-state index contributed by atoms with van der Waals surface area (Å²) in [5.41, 5.74) is 1.03. The van der Waals surface area contributed by atoms with E-state index in [-0.39, 0.29) is 5.91 Å². The molecule has 0 fully saturated rings. The van der Waals surface area contributed by atoms with Crippen LogP contribution in [0.15, 0.2) is 42.5 Å². The highest BCUT2D eigenvalue weighted by Gasteiger charge is 2.10. The summed E-state index contributed by atoms with van der Waals surface area (Å²) in [7, 11) is 1.55. The van der Waals surface area contributed by atoms with E-state index in [2.05, 4.69) is 5.32 Å². The van der Waals surface area contributed by atoms with Crippen LogP contribution in [0.5, 0.6) is 5.75 Å². The zero-order chi connectivity index (χ0) is 13.8. The third-order valence-corrected chi connectivity index (χ3v) is 3.28. The standard InChI is InChI=1S/C14H11Cl2NO2/c1-19-13-5-3-2-4-12(13)17-14(18)9-6-7-10(15)11(16)8-9/h2-8H,1H3,(H,17,18). The first-order chi connectivity index (χ1) is 9.11. The van der Waals surface area contributed by atoms with Crippen molar-refractivity contribution in [1.82, 2.24) is 0 Å². The van der Waals surface area contributed by atoms with Crippen LogP contribution in [0.25, 0.3) is 0 Å². The molecule has 1 N–H and O–H groups in total. The Labute approximate surface area is 121 Å². The lowest BCUT2D eigenvalue weighted by atomic mass is 10.2. The Morgan fingerprint density at radius 2 is 1.84 bits per heavy atom. The number of amides is 1. The number of nitrogens with one attached hydrogen (secondary N) is 1. The lowest BCUT2D eigenvalue weighted by Crippen LogP contribution is -2.12. The van der Waals surface area contributed by atoms with Gasteiger partial charge in [-0.2, -0.15) is 0 Å². The van der Waals surface area contributed by atoms with Gasteiger partial charge in [0.15, 0.2) is 0 Å². The molecule has 0 spiro atoms. The Bertz CT molecular complexity index is 614. The van der Waals surface area contributed by atoms with Crippen LogP contribution in [0.4, 0.5) is 5.69 Å². The van der Waals surface area contributed by atoms with Crippen molar-refractivity contribution in [3.63, 3.8) is 0 Å². The average molecular weight is 296 g/mol. The number of halogens is 2. The van der Waals surface area contributed by atoms with Gasteiger partial charge in [0.2, 0.25) is 0 Å². The highest BCUT2D eigenvalue weighted by molar-refractivity contribution is 6.42. The smallest absolute Gasteiger partial charge is 0.255 e. The predicted octanol–water partition coefficient (Wildman–Crippen LogP) is 4.25. The summed E-state index contributed by atoms with van der Waals surface area (Å²) < 4.78 is 5.16. The van der Waals surface area contributed by atoms with Gasteiger partial charge in [0, 0.05) is 5.56 Å². The van der Waals surface area contributed by atoms with Gasteiger partial charge in [-0.05, 0) is 30.3 Å². The number of hydrogen-bond donors (Lipinski definition) is 1. The fourth-order valence-corrected chi connectivity index (χ4v) is 1.88. The molecule has 5 heteroatoms. The van der Waals surface area contributed by atoms with Gasteiger partial charge in [-0.25, -0.2) is 0 Å². The van der Waals surface area contributed by atoms with Gasteiger partial charge in [0.05, 0.1) is 22.8 Å². The van der Waals surface area contributed by atoms with Gasteiger partial charge in [0.1, 0.15) is 5.75 Å². The van der Waals surface area contributed by atoms with Crippen LogP contribution >= 0.6 is 23.2 Å². The topological polar surface area (TPSA) is 38.3 Å². The first-order valence-corrected chi connectivity index (χ1v) is 6.27. The molecular weight excluding hydrogens is 285 g/mol. The minimum absolute atomic E-state index is 0.275. The van der Waals surface area contributed by atoms with Gasteiger partial charge in [-0.15, -0.1) is 0 Å². The molecule has 0 aliphatic carbocycles. The van der Waals surface area contributed by atoms with Gasteiger partial charge < -0.3 is 10.1 Å². The molecule has 0 atom stereocenters. The van der Waals surface area contributed by atoms with Crippen LogP contribution in [0.1, 0.15) is 10.4 Å². The molecule has 0 saturated heterocycles. The van der Waals surface area contributed by atoms with Crippen molar-refractivity contribution in [2.24, 2.45) is 0 Å². The quantitative estimate of drug-likeness (QED) is 0.919. The second-order valence-corrected chi connectivity index (χ2v) is 4.60. The van der Waals surface area contributed by atoms with Crippen LogP contribution < -0.4 is 10.1 Å². The predicted molar refractivity (Wildman–Crippen MR) is 77.4 cm³/mol. The van der Waals surface area contributed by atoms with Gasteiger partial charge in [-0.1, -0.05) is 35.3 Å². The van der Waals surface area contributed by atoms with Crippen molar-refractivity contribution in [3.8, 4) is 5.75 Å². The van der Waals surface area contributed by atoms with E-state index in [0.29, 0.717) is 27.0 Å². The highest BCUT2D eigenvalue weighted by atomic mass is 35.5. The Morgan fingerprint density at radius 3 is 2.53 bits per heavy atom.